The lowest BCUT2D eigenvalue weighted by molar-refractivity contribution is 0.117. The molecule has 1 fully saturated rings. The van der Waals surface area contributed by atoms with Crippen LogP contribution in [0.5, 0.6) is 0 Å². The molecule has 5 nitrogen and oxygen atoms in total. The molecule has 2 amide bonds. The lowest BCUT2D eigenvalue weighted by Gasteiger charge is -2.26. The van der Waals surface area contributed by atoms with E-state index in [1.165, 1.54) is 5.01 Å². The van der Waals surface area contributed by atoms with Crippen LogP contribution in [0.2, 0.25) is 0 Å². The predicted molar refractivity (Wildman–Crippen MR) is 84.6 cm³/mol. The van der Waals surface area contributed by atoms with Gasteiger partial charge in [0, 0.05) is 23.7 Å². The molecule has 0 unspecified atom stereocenters. The highest BCUT2D eigenvalue weighted by atomic mass is 32.1. The maximum Gasteiger partial charge on any atom is 0.315 e. The van der Waals surface area contributed by atoms with Gasteiger partial charge in [0.05, 0.1) is 11.1 Å². The Morgan fingerprint density at radius 2 is 2.14 bits per heavy atom. The molecule has 1 saturated carbocycles. The summed E-state index contributed by atoms with van der Waals surface area (Å²) in [6.45, 7) is 2.71. The van der Waals surface area contributed by atoms with Crippen LogP contribution in [0.1, 0.15) is 49.2 Å². The van der Waals surface area contributed by atoms with Gasteiger partial charge in [-0.15, -0.1) is 11.3 Å². The normalized spacial score (nSPS) is 22.0. The third-order valence-electron chi connectivity index (χ3n) is 3.80. The largest absolute Gasteiger partial charge is 0.393 e. The van der Waals surface area contributed by atoms with Crippen molar-refractivity contribution in [3.8, 4) is 0 Å². The summed E-state index contributed by atoms with van der Waals surface area (Å²) in [5.74, 6) is 0. The summed E-state index contributed by atoms with van der Waals surface area (Å²) in [4.78, 5) is 16.2. The van der Waals surface area contributed by atoms with E-state index in [0.29, 0.717) is 6.54 Å². The number of aromatic nitrogens is 1. The SMILES string of the molecule is Cc1csc(CCCCNC(=O)NC2CCC(O)CC2)n1. The Balaban J connectivity index is 1.51. The van der Waals surface area contributed by atoms with Gasteiger partial charge in [0.25, 0.3) is 0 Å². The third-order valence-corrected chi connectivity index (χ3v) is 4.83. The summed E-state index contributed by atoms with van der Waals surface area (Å²) < 4.78 is 0. The molecule has 6 heteroatoms. The van der Waals surface area contributed by atoms with Crippen LogP contribution in [-0.2, 0) is 6.42 Å². The minimum absolute atomic E-state index is 0.0820. The highest BCUT2D eigenvalue weighted by Crippen LogP contribution is 2.18. The standard InChI is InChI=1S/C15H25N3O2S/c1-11-10-21-14(17-11)4-2-3-9-16-15(20)18-12-5-7-13(19)8-6-12/h10,12-13,19H,2-9H2,1H3,(H2,16,18,20). The van der Waals surface area contributed by atoms with E-state index >= 15 is 0 Å². The van der Waals surface area contributed by atoms with Crippen LogP contribution in [0, 0.1) is 6.92 Å². The summed E-state index contributed by atoms with van der Waals surface area (Å²) >= 11 is 1.71. The van der Waals surface area contributed by atoms with E-state index in [0.717, 1.165) is 50.6 Å². The summed E-state index contributed by atoms with van der Waals surface area (Å²) in [6, 6.07) is 0.133. The van der Waals surface area contributed by atoms with Crippen LogP contribution in [-0.4, -0.2) is 34.8 Å². The van der Waals surface area contributed by atoms with E-state index in [9.17, 15) is 9.90 Å². The van der Waals surface area contributed by atoms with Gasteiger partial charge in [0.2, 0.25) is 0 Å². The number of amides is 2. The highest BCUT2D eigenvalue weighted by molar-refractivity contribution is 7.09. The van der Waals surface area contributed by atoms with Gasteiger partial charge in [0.15, 0.2) is 0 Å². The first-order chi connectivity index (χ1) is 10.1. The molecule has 0 spiro atoms. The van der Waals surface area contributed by atoms with Gasteiger partial charge in [-0.05, 0) is 51.9 Å². The average Bonchev–Trinajstić information content (AvgIpc) is 2.87. The number of urea groups is 1. The molecule has 3 N–H and O–H groups in total. The maximum absolute atomic E-state index is 11.7. The Morgan fingerprint density at radius 1 is 1.38 bits per heavy atom. The molecule has 0 saturated heterocycles. The number of hydrogen-bond acceptors (Lipinski definition) is 4. The number of thiazole rings is 1. The van der Waals surface area contributed by atoms with Gasteiger partial charge in [-0.1, -0.05) is 0 Å². The predicted octanol–water partition coefficient (Wildman–Crippen LogP) is 2.38. The number of nitrogens with zero attached hydrogens (tertiary/aromatic N) is 1. The number of rotatable bonds is 6. The molecular formula is C15H25N3O2S. The molecule has 0 radical (unpaired) electrons. The van der Waals surface area contributed by atoms with Crippen molar-refractivity contribution in [2.45, 2.75) is 64.0 Å². The summed E-state index contributed by atoms with van der Waals surface area (Å²) in [6.07, 6.45) is 6.15. The van der Waals surface area contributed by atoms with Gasteiger partial charge in [-0.2, -0.15) is 0 Å². The first-order valence-corrected chi connectivity index (χ1v) is 8.65. The minimum atomic E-state index is -0.180. The molecule has 1 aromatic heterocycles. The topological polar surface area (TPSA) is 74.2 Å². The quantitative estimate of drug-likeness (QED) is 0.706. The third kappa shape index (κ3) is 6.01. The van der Waals surface area contributed by atoms with Crippen molar-refractivity contribution in [3.63, 3.8) is 0 Å². The molecule has 0 aliphatic heterocycles. The number of aliphatic hydroxyl groups excluding tert-OH is 1. The summed E-state index contributed by atoms with van der Waals surface area (Å²) in [7, 11) is 0. The number of carbonyl (C=O) groups is 1. The number of carbonyl (C=O) groups excluding carboxylic acids is 1. The highest BCUT2D eigenvalue weighted by Gasteiger charge is 2.20. The minimum Gasteiger partial charge on any atom is -0.393 e. The van der Waals surface area contributed by atoms with Crippen LogP contribution >= 0.6 is 11.3 Å². The number of aliphatic hydroxyl groups is 1. The van der Waals surface area contributed by atoms with Crippen molar-refractivity contribution in [2.24, 2.45) is 0 Å². The Kier molecular flexibility index (Phi) is 6.45. The lowest BCUT2D eigenvalue weighted by atomic mass is 9.93. The molecule has 1 heterocycles. The van der Waals surface area contributed by atoms with Gasteiger partial charge >= 0.3 is 6.03 Å². The average molecular weight is 311 g/mol. The first-order valence-electron chi connectivity index (χ1n) is 7.77. The van der Waals surface area contributed by atoms with E-state index in [4.69, 9.17) is 0 Å². The first kappa shape index (κ1) is 16.2. The van der Waals surface area contributed by atoms with Crippen molar-refractivity contribution < 1.29 is 9.90 Å². The van der Waals surface area contributed by atoms with E-state index < -0.39 is 0 Å². The van der Waals surface area contributed by atoms with E-state index in [2.05, 4.69) is 21.0 Å². The van der Waals surface area contributed by atoms with Crippen LogP contribution in [0.25, 0.3) is 0 Å². The van der Waals surface area contributed by atoms with Gasteiger partial charge in [-0.25, -0.2) is 9.78 Å². The van der Waals surface area contributed by atoms with Crippen LogP contribution in [0.3, 0.4) is 0 Å². The molecule has 1 aromatic rings. The van der Waals surface area contributed by atoms with Crippen molar-refractivity contribution >= 4 is 17.4 Å². The second-order valence-corrected chi connectivity index (χ2v) is 6.69. The number of hydrogen-bond donors (Lipinski definition) is 3. The maximum atomic E-state index is 11.7. The number of nitrogens with one attached hydrogen (secondary N) is 2. The Hall–Kier alpha value is -1.14. The molecule has 1 aliphatic rings. The fourth-order valence-electron chi connectivity index (χ4n) is 2.58. The molecule has 118 valence electrons. The van der Waals surface area contributed by atoms with Crippen molar-refractivity contribution in [1.82, 2.24) is 15.6 Å². The van der Waals surface area contributed by atoms with Crippen molar-refractivity contribution in [1.29, 1.82) is 0 Å². The molecule has 2 rings (SSSR count). The molecule has 1 aliphatic carbocycles. The smallest absolute Gasteiger partial charge is 0.315 e. The number of aryl methyl sites for hydroxylation is 2. The van der Waals surface area contributed by atoms with Crippen molar-refractivity contribution in [2.75, 3.05) is 6.54 Å². The Morgan fingerprint density at radius 3 is 2.81 bits per heavy atom. The van der Waals surface area contributed by atoms with Crippen LogP contribution in [0.15, 0.2) is 5.38 Å². The monoisotopic (exact) mass is 311 g/mol. The van der Waals surface area contributed by atoms with Crippen LogP contribution < -0.4 is 10.6 Å². The fourth-order valence-corrected chi connectivity index (χ4v) is 3.40. The lowest BCUT2D eigenvalue weighted by Crippen LogP contribution is -2.44. The molecular weight excluding hydrogens is 286 g/mol. The second kappa shape index (κ2) is 8.34. The Bertz CT molecular complexity index is 442. The van der Waals surface area contributed by atoms with Gasteiger partial charge in [-0.3, -0.25) is 0 Å². The zero-order chi connectivity index (χ0) is 15.1. The number of unbranched alkanes of at least 4 members (excludes halogenated alkanes) is 1. The molecule has 21 heavy (non-hydrogen) atoms. The van der Waals surface area contributed by atoms with Gasteiger partial charge < -0.3 is 15.7 Å². The van der Waals surface area contributed by atoms with Crippen molar-refractivity contribution in [3.05, 3.63) is 16.1 Å². The van der Waals surface area contributed by atoms with E-state index in [1.807, 2.05) is 6.92 Å². The molecule has 0 bridgehead atoms. The van der Waals surface area contributed by atoms with Crippen LogP contribution in [0.4, 0.5) is 4.79 Å². The van der Waals surface area contributed by atoms with Gasteiger partial charge in [0.1, 0.15) is 0 Å². The zero-order valence-corrected chi connectivity index (χ0v) is 13.4. The molecule has 0 aromatic carbocycles. The summed E-state index contributed by atoms with van der Waals surface area (Å²) in [5.41, 5.74) is 1.09. The summed E-state index contributed by atoms with van der Waals surface area (Å²) in [5, 5.41) is 18.6. The Labute approximate surface area is 130 Å². The van der Waals surface area contributed by atoms with E-state index in [-0.39, 0.29) is 18.2 Å². The second-order valence-electron chi connectivity index (χ2n) is 5.75. The fraction of sp³-hybridized carbons (Fsp3) is 0.733. The van der Waals surface area contributed by atoms with E-state index in [1.54, 1.807) is 11.3 Å². The zero-order valence-electron chi connectivity index (χ0n) is 12.6. The molecule has 0 atom stereocenters.